The number of hydrogen-bond acceptors (Lipinski definition) is 4. The van der Waals surface area contributed by atoms with Gasteiger partial charge < -0.3 is 22.1 Å². The molecule has 1 aliphatic carbocycles. The molecule has 5 heteroatoms. The Labute approximate surface area is 146 Å². The number of nitrogens with two attached hydrogens (primary N) is 2. The van der Waals surface area contributed by atoms with E-state index in [4.69, 9.17) is 11.5 Å². The van der Waals surface area contributed by atoms with E-state index in [-0.39, 0.29) is 18.5 Å². The van der Waals surface area contributed by atoms with E-state index in [1.807, 2.05) is 6.08 Å². The summed E-state index contributed by atoms with van der Waals surface area (Å²) in [5, 5.41) is 5.91. The van der Waals surface area contributed by atoms with Crippen LogP contribution in [0.2, 0.25) is 0 Å². The Bertz CT molecular complexity index is 507. The molecular formula is C19H34N4O. The molecule has 0 bridgehead atoms. The van der Waals surface area contributed by atoms with Crippen LogP contribution in [-0.2, 0) is 4.79 Å². The zero-order chi connectivity index (χ0) is 18.1. The summed E-state index contributed by atoms with van der Waals surface area (Å²) in [6, 6.07) is 0. The Morgan fingerprint density at radius 3 is 2.54 bits per heavy atom. The quantitative estimate of drug-likeness (QED) is 0.488. The summed E-state index contributed by atoms with van der Waals surface area (Å²) in [6.07, 6.45) is 9.72. The van der Waals surface area contributed by atoms with Gasteiger partial charge in [0, 0.05) is 5.92 Å². The lowest BCUT2D eigenvalue weighted by molar-refractivity contribution is -0.119. The van der Waals surface area contributed by atoms with Crippen molar-refractivity contribution in [2.75, 3.05) is 6.67 Å². The Kier molecular flexibility index (Phi) is 8.61. The van der Waals surface area contributed by atoms with E-state index in [0.717, 1.165) is 24.8 Å². The van der Waals surface area contributed by atoms with Crippen molar-refractivity contribution in [3.05, 3.63) is 35.3 Å². The van der Waals surface area contributed by atoms with Crippen molar-refractivity contribution >= 4 is 5.91 Å². The van der Waals surface area contributed by atoms with Crippen LogP contribution in [0.25, 0.3) is 0 Å². The van der Waals surface area contributed by atoms with Gasteiger partial charge in [0.15, 0.2) is 0 Å². The molecule has 0 fully saturated rings. The summed E-state index contributed by atoms with van der Waals surface area (Å²) >= 11 is 0. The third-order valence-electron chi connectivity index (χ3n) is 5.09. The molecule has 136 valence electrons. The predicted molar refractivity (Wildman–Crippen MR) is 100 cm³/mol. The van der Waals surface area contributed by atoms with Gasteiger partial charge in [-0.05, 0) is 30.3 Å². The monoisotopic (exact) mass is 334 g/mol. The molecule has 0 aromatic rings. The maximum absolute atomic E-state index is 12.3. The second-order valence-corrected chi connectivity index (χ2v) is 6.73. The van der Waals surface area contributed by atoms with Gasteiger partial charge in [-0.1, -0.05) is 52.3 Å². The standard InChI is InChI=1S/C19H34N4O/c1-5-13(2)14(3)15(4)18(21)19(22-12-20)23-17(24)11-16-9-7-6-8-10-16/h7,9-10,13-15,22H,5-6,8,11-12,20-21H2,1-4H3,(H,23,24)/b19-18-/t13?,14-,15?/m1/s1. The fraction of sp³-hybridized carbons (Fsp3) is 0.632. The Morgan fingerprint density at radius 1 is 1.29 bits per heavy atom. The summed E-state index contributed by atoms with van der Waals surface area (Å²) in [7, 11) is 0. The number of rotatable bonds is 9. The summed E-state index contributed by atoms with van der Waals surface area (Å²) < 4.78 is 0. The normalized spacial score (nSPS) is 19.0. The molecule has 0 spiro atoms. The van der Waals surface area contributed by atoms with Crippen molar-refractivity contribution in [3.8, 4) is 0 Å². The van der Waals surface area contributed by atoms with Gasteiger partial charge in [0.1, 0.15) is 5.82 Å². The van der Waals surface area contributed by atoms with Crippen LogP contribution < -0.4 is 22.1 Å². The van der Waals surface area contributed by atoms with Crippen LogP contribution in [0, 0.1) is 17.8 Å². The second kappa shape index (κ2) is 10.2. The molecule has 5 nitrogen and oxygen atoms in total. The van der Waals surface area contributed by atoms with Crippen LogP contribution in [0.1, 0.15) is 53.4 Å². The van der Waals surface area contributed by atoms with Gasteiger partial charge in [-0.3, -0.25) is 4.79 Å². The molecule has 1 rings (SSSR count). The van der Waals surface area contributed by atoms with Crippen molar-refractivity contribution < 1.29 is 4.79 Å². The number of carbonyl (C=O) groups is 1. The number of amides is 1. The largest absolute Gasteiger partial charge is 0.399 e. The number of allylic oxidation sites excluding steroid dienone is 4. The molecule has 3 atom stereocenters. The zero-order valence-electron chi connectivity index (χ0n) is 15.6. The summed E-state index contributed by atoms with van der Waals surface area (Å²) in [4.78, 5) is 12.3. The molecule has 0 aromatic carbocycles. The minimum absolute atomic E-state index is 0.0740. The first kappa shape index (κ1) is 20.3. The van der Waals surface area contributed by atoms with Gasteiger partial charge in [-0.2, -0.15) is 0 Å². The second-order valence-electron chi connectivity index (χ2n) is 6.73. The van der Waals surface area contributed by atoms with Crippen LogP contribution in [0.5, 0.6) is 0 Å². The highest BCUT2D eigenvalue weighted by Crippen LogP contribution is 2.27. The summed E-state index contributed by atoms with van der Waals surface area (Å²) in [5.74, 6) is 1.61. The Balaban J connectivity index is 2.81. The van der Waals surface area contributed by atoms with Gasteiger partial charge in [-0.25, -0.2) is 0 Å². The maximum Gasteiger partial charge on any atom is 0.229 e. The molecule has 0 saturated heterocycles. The van der Waals surface area contributed by atoms with E-state index in [2.05, 4.69) is 50.5 Å². The first-order chi connectivity index (χ1) is 11.4. The van der Waals surface area contributed by atoms with Gasteiger partial charge in [0.2, 0.25) is 5.91 Å². The lowest BCUT2D eigenvalue weighted by Gasteiger charge is -2.27. The minimum atomic E-state index is -0.0740. The molecule has 0 radical (unpaired) electrons. The van der Waals surface area contributed by atoms with Crippen LogP contribution in [0.15, 0.2) is 35.3 Å². The lowest BCUT2D eigenvalue weighted by atomic mass is 9.82. The van der Waals surface area contributed by atoms with Gasteiger partial charge in [0.05, 0.1) is 18.8 Å². The van der Waals surface area contributed by atoms with E-state index < -0.39 is 0 Å². The number of nitrogens with one attached hydrogen (secondary N) is 2. The smallest absolute Gasteiger partial charge is 0.229 e. The maximum atomic E-state index is 12.3. The molecule has 1 amide bonds. The molecule has 0 aromatic heterocycles. The van der Waals surface area contributed by atoms with Gasteiger partial charge >= 0.3 is 0 Å². The molecule has 0 aliphatic heterocycles. The van der Waals surface area contributed by atoms with E-state index in [0.29, 0.717) is 29.8 Å². The van der Waals surface area contributed by atoms with Gasteiger partial charge in [-0.15, -0.1) is 0 Å². The van der Waals surface area contributed by atoms with Crippen molar-refractivity contribution in [1.29, 1.82) is 0 Å². The first-order valence-corrected chi connectivity index (χ1v) is 8.99. The van der Waals surface area contributed by atoms with Crippen molar-refractivity contribution in [3.63, 3.8) is 0 Å². The zero-order valence-corrected chi connectivity index (χ0v) is 15.6. The van der Waals surface area contributed by atoms with Crippen LogP contribution in [-0.4, -0.2) is 12.6 Å². The Hall–Kier alpha value is -1.75. The Morgan fingerprint density at radius 2 is 2.00 bits per heavy atom. The van der Waals surface area contributed by atoms with Crippen molar-refractivity contribution in [2.24, 2.45) is 29.2 Å². The highest BCUT2D eigenvalue weighted by molar-refractivity contribution is 5.80. The topological polar surface area (TPSA) is 93.2 Å². The fourth-order valence-electron chi connectivity index (χ4n) is 2.86. The highest BCUT2D eigenvalue weighted by atomic mass is 16.1. The average molecular weight is 335 g/mol. The minimum Gasteiger partial charge on any atom is -0.399 e. The first-order valence-electron chi connectivity index (χ1n) is 8.99. The molecule has 0 heterocycles. The van der Waals surface area contributed by atoms with Crippen LogP contribution in [0.4, 0.5) is 0 Å². The predicted octanol–water partition coefficient (Wildman–Crippen LogP) is 2.72. The number of carbonyl (C=O) groups excluding carboxylic acids is 1. The molecular weight excluding hydrogens is 300 g/mol. The average Bonchev–Trinajstić information content (AvgIpc) is 2.59. The molecule has 6 N–H and O–H groups in total. The molecule has 0 saturated carbocycles. The van der Waals surface area contributed by atoms with Crippen LogP contribution in [0.3, 0.4) is 0 Å². The van der Waals surface area contributed by atoms with E-state index >= 15 is 0 Å². The third-order valence-corrected chi connectivity index (χ3v) is 5.09. The van der Waals surface area contributed by atoms with Crippen LogP contribution >= 0.6 is 0 Å². The number of hydrogen-bond donors (Lipinski definition) is 4. The van der Waals surface area contributed by atoms with E-state index in [1.165, 1.54) is 0 Å². The van der Waals surface area contributed by atoms with Crippen molar-refractivity contribution in [1.82, 2.24) is 10.6 Å². The SMILES string of the molecule is CCC(C)[C@@H](C)C(C)/C(N)=C(\NCN)NC(=O)CC1=CCCC=C1. The fourth-order valence-corrected chi connectivity index (χ4v) is 2.86. The van der Waals surface area contributed by atoms with Gasteiger partial charge in [0.25, 0.3) is 0 Å². The van der Waals surface area contributed by atoms with E-state index in [1.54, 1.807) is 0 Å². The van der Waals surface area contributed by atoms with E-state index in [9.17, 15) is 4.79 Å². The lowest BCUT2D eigenvalue weighted by Crippen LogP contribution is -2.39. The molecule has 1 aliphatic rings. The highest BCUT2D eigenvalue weighted by Gasteiger charge is 2.23. The molecule has 24 heavy (non-hydrogen) atoms. The van der Waals surface area contributed by atoms with Crippen molar-refractivity contribution in [2.45, 2.75) is 53.4 Å². The summed E-state index contributed by atoms with van der Waals surface area (Å²) in [6.45, 7) is 8.93. The summed E-state index contributed by atoms with van der Waals surface area (Å²) in [5.41, 5.74) is 13.7. The molecule has 2 unspecified atom stereocenters. The third kappa shape index (κ3) is 6.04.